The van der Waals surface area contributed by atoms with Gasteiger partial charge in [0.15, 0.2) is 5.16 Å². The van der Waals surface area contributed by atoms with Gasteiger partial charge in [0.05, 0.1) is 6.42 Å². The Kier molecular flexibility index (Phi) is 4.06. The highest BCUT2D eigenvalue weighted by molar-refractivity contribution is 7.99. The number of carbonyl (C=O) groups is 1. The van der Waals surface area contributed by atoms with Crippen LogP contribution in [0.4, 0.5) is 0 Å². The van der Waals surface area contributed by atoms with Crippen LogP contribution >= 0.6 is 11.8 Å². The van der Waals surface area contributed by atoms with Gasteiger partial charge in [0.2, 0.25) is 0 Å². The Bertz CT molecular complexity index is 414. The maximum atomic E-state index is 10.3. The summed E-state index contributed by atoms with van der Waals surface area (Å²) in [6.45, 7) is 1.77. The van der Waals surface area contributed by atoms with Crippen LogP contribution in [0.5, 0.6) is 0 Å². The fourth-order valence-electron chi connectivity index (χ4n) is 0.893. The van der Waals surface area contributed by atoms with E-state index in [9.17, 15) is 4.79 Å². The van der Waals surface area contributed by atoms with Crippen LogP contribution in [0.15, 0.2) is 11.2 Å². The average Bonchev–Trinajstić information content (AvgIpc) is 2.16. The molecule has 1 heterocycles. The minimum absolute atomic E-state index is 0.0594. The predicted octanol–water partition coefficient (Wildman–Crippen LogP) is 1.22. The van der Waals surface area contributed by atoms with Gasteiger partial charge in [-0.3, -0.25) is 4.79 Å². The summed E-state index contributed by atoms with van der Waals surface area (Å²) in [4.78, 5) is 18.3. The van der Waals surface area contributed by atoms with Gasteiger partial charge in [-0.05, 0) is 13.0 Å². The second-order valence-corrected chi connectivity index (χ2v) is 3.84. The van der Waals surface area contributed by atoms with Crippen LogP contribution < -0.4 is 0 Å². The molecule has 0 aromatic carbocycles. The SMILES string of the molecule is Cc1cc(C#N)nc(SCCC(=O)O)n1. The van der Waals surface area contributed by atoms with Gasteiger partial charge >= 0.3 is 5.97 Å². The number of aromatic nitrogens is 2. The van der Waals surface area contributed by atoms with Crippen molar-refractivity contribution in [1.29, 1.82) is 5.26 Å². The lowest BCUT2D eigenvalue weighted by molar-refractivity contribution is -0.136. The quantitative estimate of drug-likeness (QED) is 0.610. The third-order valence-corrected chi connectivity index (χ3v) is 2.34. The summed E-state index contributed by atoms with van der Waals surface area (Å²) in [6.07, 6.45) is 0.0594. The molecule has 1 aromatic heterocycles. The number of nitriles is 1. The number of hydrogen-bond donors (Lipinski definition) is 1. The number of carboxylic acid groups (broad SMARTS) is 1. The lowest BCUT2D eigenvalue weighted by atomic mass is 10.4. The van der Waals surface area contributed by atoms with Crippen LogP contribution in [0.25, 0.3) is 0 Å². The Morgan fingerprint density at radius 2 is 2.40 bits per heavy atom. The van der Waals surface area contributed by atoms with E-state index in [4.69, 9.17) is 10.4 Å². The van der Waals surface area contributed by atoms with Crippen molar-refractivity contribution in [1.82, 2.24) is 9.97 Å². The van der Waals surface area contributed by atoms with E-state index >= 15 is 0 Å². The molecule has 0 unspecified atom stereocenters. The number of aryl methyl sites for hydroxylation is 1. The van der Waals surface area contributed by atoms with E-state index in [0.717, 1.165) is 0 Å². The summed E-state index contributed by atoms with van der Waals surface area (Å²) >= 11 is 1.24. The maximum Gasteiger partial charge on any atom is 0.304 e. The van der Waals surface area contributed by atoms with Crippen molar-refractivity contribution < 1.29 is 9.90 Å². The van der Waals surface area contributed by atoms with Crippen LogP contribution in [-0.4, -0.2) is 26.8 Å². The number of hydrogen-bond acceptors (Lipinski definition) is 5. The minimum Gasteiger partial charge on any atom is -0.481 e. The van der Waals surface area contributed by atoms with Crippen molar-refractivity contribution in [3.63, 3.8) is 0 Å². The molecule has 0 amide bonds. The molecule has 1 aromatic rings. The summed E-state index contributed by atoms with van der Waals surface area (Å²) in [7, 11) is 0. The highest BCUT2D eigenvalue weighted by Gasteiger charge is 2.04. The molecule has 0 spiro atoms. The Morgan fingerprint density at radius 1 is 1.67 bits per heavy atom. The Morgan fingerprint density at radius 3 is 3.00 bits per heavy atom. The standard InChI is InChI=1S/C9H9N3O2S/c1-6-4-7(5-10)12-9(11-6)15-3-2-8(13)14/h4H,2-3H2,1H3,(H,13,14). The smallest absolute Gasteiger partial charge is 0.304 e. The molecule has 0 saturated heterocycles. The first-order chi connectivity index (χ1) is 7.11. The van der Waals surface area contributed by atoms with Crippen molar-refractivity contribution in [2.24, 2.45) is 0 Å². The molecule has 15 heavy (non-hydrogen) atoms. The van der Waals surface area contributed by atoms with E-state index < -0.39 is 5.97 Å². The molecule has 0 bridgehead atoms. The van der Waals surface area contributed by atoms with Gasteiger partial charge in [-0.2, -0.15) is 5.26 Å². The second kappa shape index (κ2) is 5.32. The van der Waals surface area contributed by atoms with E-state index in [2.05, 4.69) is 9.97 Å². The Hall–Kier alpha value is -1.61. The lowest BCUT2D eigenvalue weighted by Gasteiger charge is -1.99. The van der Waals surface area contributed by atoms with E-state index in [-0.39, 0.29) is 6.42 Å². The zero-order chi connectivity index (χ0) is 11.3. The maximum absolute atomic E-state index is 10.3. The Labute approximate surface area is 91.2 Å². The number of thioether (sulfide) groups is 1. The number of rotatable bonds is 4. The van der Waals surface area contributed by atoms with Crippen molar-refractivity contribution in [2.45, 2.75) is 18.5 Å². The highest BCUT2D eigenvalue weighted by Crippen LogP contribution is 2.14. The van der Waals surface area contributed by atoms with Crippen LogP contribution in [0.1, 0.15) is 17.8 Å². The molecule has 0 fully saturated rings. The summed E-state index contributed by atoms with van der Waals surface area (Å²) in [5, 5.41) is 17.5. The molecule has 0 radical (unpaired) electrons. The number of aliphatic carboxylic acids is 1. The Balaban J connectivity index is 2.65. The average molecular weight is 223 g/mol. The topological polar surface area (TPSA) is 86.9 Å². The molecule has 1 rings (SSSR count). The van der Waals surface area contributed by atoms with Gasteiger partial charge in [0.25, 0.3) is 0 Å². The summed E-state index contributed by atoms with van der Waals surface area (Å²) in [5.74, 6) is -0.445. The lowest BCUT2D eigenvalue weighted by Crippen LogP contribution is -1.98. The zero-order valence-electron chi connectivity index (χ0n) is 8.10. The molecule has 78 valence electrons. The first-order valence-electron chi connectivity index (χ1n) is 4.22. The van der Waals surface area contributed by atoms with Gasteiger partial charge < -0.3 is 5.11 Å². The molecule has 0 aliphatic rings. The van der Waals surface area contributed by atoms with E-state index in [1.807, 2.05) is 6.07 Å². The van der Waals surface area contributed by atoms with Gasteiger partial charge in [0, 0.05) is 11.4 Å². The predicted molar refractivity (Wildman–Crippen MR) is 54.5 cm³/mol. The second-order valence-electron chi connectivity index (χ2n) is 2.78. The zero-order valence-corrected chi connectivity index (χ0v) is 8.91. The molecule has 0 saturated carbocycles. The third-order valence-electron chi connectivity index (χ3n) is 1.50. The molecular formula is C9H9N3O2S. The van der Waals surface area contributed by atoms with Crippen molar-refractivity contribution >= 4 is 17.7 Å². The summed E-state index contributed by atoms with van der Waals surface area (Å²) in [5.41, 5.74) is 1.01. The largest absolute Gasteiger partial charge is 0.481 e. The summed E-state index contributed by atoms with van der Waals surface area (Å²) < 4.78 is 0. The summed E-state index contributed by atoms with van der Waals surface area (Å²) in [6, 6.07) is 3.51. The van der Waals surface area contributed by atoms with Crippen LogP contribution in [0.2, 0.25) is 0 Å². The number of carboxylic acids is 1. The van der Waals surface area contributed by atoms with Gasteiger partial charge in [-0.1, -0.05) is 11.8 Å². The molecule has 5 nitrogen and oxygen atoms in total. The fraction of sp³-hybridized carbons (Fsp3) is 0.333. The molecule has 6 heteroatoms. The third kappa shape index (κ3) is 3.95. The first kappa shape index (κ1) is 11.5. The first-order valence-corrected chi connectivity index (χ1v) is 5.21. The molecule has 1 N–H and O–H groups in total. The van der Waals surface area contributed by atoms with Crippen molar-refractivity contribution in [2.75, 3.05) is 5.75 Å². The van der Waals surface area contributed by atoms with Gasteiger partial charge in [0.1, 0.15) is 11.8 Å². The number of nitrogens with zero attached hydrogens (tertiary/aromatic N) is 3. The molecule has 0 aliphatic carbocycles. The molecule has 0 aliphatic heterocycles. The van der Waals surface area contributed by atoms with E-state index in [1.54, 1.807) is 13.0 Å². The van der Waals surface area contributed by atoms with E-state index in [1.165, 1.54) is 11.8 Å². The van der Waals surface area contributed by atoms with Crippen LogP contribution in [0, 0.1) is 18.3 Å². The van der Waals surface area contributed by atoms with Gasteiger partial charge in [-0.25, -0.2) is 9.97 Å². The highest BCUT2D eigenvalue weighted by atomic mass is 32.2. The normalized spacial score (nSPS) is 9.60. The fourth-order valence-corrected chi connectivity index (χ4v) is 1.72. The molecule has 0 atom stereocenters. The molecular weight excluding hydrogens is 214 g/mol. The van der Waals surface area contributed by atoms with Gasteiger partial charge in [-0.15, -0.1) is 0 Å². The van der Waals surface area contributed by atoms with Crippen LogP contribution in [-0.2, 0) is 4.79 Å². The van der Waals surface area contributed by atoms with Crippen molar-refractivity contribution in [3.05, 3.63) is 17.5 Å². The van der Waals surface area contributed by atoms with E-state index in [0.29, 0.717) is 22.3 Å². The monoisotopic (exact) mass is 223 g/mol. The van der Waals surface area contributed by atoms with Crippen LogP contribution in [0.3, 0.4) is 0 Å². The van der Waals surface area contributed by atoms with Crippen molar-refractivity contribution in [3.8, 4) is 6.07 Å². The minimum atomic E-state index is -0.851.